The quantitative estimate of drug-likeness (QED) is 0.883. The van der Waals surface area contributed by atoms with Gasteiger partial charge in [-0.1, -0.05) is 18.6 Å². The van der Waals surface area contributed by atoms with Gasteiger partial charge in [0.15, 0.2) is 5.69 Å². The van der Waals surface area contributed by atoms with Crippen molar-refractivity contribution in [2.24, 2.45) is 0 Å². The smallest absolute Gasteiger partial charge is 0.358 e. The van der Waals surface area contributed by atoms with Gasteiger partial charge in [-0.3, -0.25) is 0 Å². The molecule has 2 rings (SSSR count). The van der Waals surface area contributed by atoms with Gasteiger partial charge in [-0.25, -0.2) is 9.48 Å². The summed E-state index contributed by atoms with van der Waals surface area (Å²) in [6, 6.07) is 2.00. The Hall–Kier alpha value is -1.69. The highest BCUT2D eigenvalue weighted by Gasteiger charge is 2.18. The molecule has 0 bridgehead atoms. The summed E-state index contributed by atoms with van der Waals surface area (Å²) in [6.45, 7) is 2.59. The van der Waals surface area contributed by atoms with Gasteiger partial charge >= 0.3 is 5.97 Å². The Morgan fingerprint density at radius 1 is 1.59 bits per heavy atom. The van der Waals surface area contributed by atoms with E-state index in [9.17, 15) is 4.79 Å². The van der Waals surface area contributed by atoms with E-state index in [0.29, 0.717) is 18.7 Å². The molecule has 0 fully saturated rings. The Kier molecular flexibility index (Phi) is 3.53. The first-order valence-electron chi connectivity index (χ1n) is 5.39. The van der Waals surface area contributed by atoms with Crippen LogP contribution in [0.15, 0.2) is 16.8 Å². The van der Waals surface area contributed by atoms with E-state index in [2.05, 4.69) is 10.3 Å². The van der Waals surface area contributed by atoms with E-state index < -0.39 is 5.97 Å². The second kappa shape index (κ2) is 5.09. The van der Waals surface area contributed by atoms with Crippen LogP contribution in [-0.2, 0) is 13.0 Å². The number of carboxylic acid groups (broad SMARTS) is 1. The van der Waals surface area contributed by atoms with Crippen LogP contribution in [0.3, 0.4) is 0 Å². The van der Waals surface area contributed by atoms with Crippen molar-refractivity contribution in [3.05, 3.63) is 33.8 Å². The number of aromatic nitrogens is 3. The molecular weight excluding hydrogens is 238 g/mol. The van der Waals surface area contributed by atoms with E-state index in [1.54, 1.807) is 16.0 Å². The van der Waals surface area contributed by atoms with E-state index in [4.69, 9.17) is 5.11 Å². The van der Waals surface area contributed by atoms with Gasteiger partial charge in [-0.2, -0.15) is 11.3 Å². The molecule has 0 aliphatic carbocycles. The second-order valence-corrected chi connectivity index (χ2v) is 4.51. The summed E-state index contributed by atoms with van der Waals surface area (Å²) < 4.78 is 1.68. The zero-order valence-electron chi connectivity index (χ0n) is 9.46. The minimum Gasteiger partial charge on any atom is -0.476 e. The Balaban J connectivity index is 2.30. The number of carbonyl (C=O) groups is 1. The number of thiophene rings is 1. The van der Waals surface area contributed by atoms with Crippen LogP contribution in [0.2, 0.25) is 0 Å². The molecule has 0 atom stereocenters. The Morgan fingerprint density at radius 2 is 2.41 bits per heavy atom. The van der Waals surface area contributed by atoms with Crippen molar-refractivity contribution in [2.75, 3.05) is 0 Å². The number of nitrogens with zero attached hydrogens (tertiary/aromatic N) is 3. The first-order chi connectivity index (χ1) is 8.22. The summed E-state index contributed by atoms with van der Waals surface area (Å²) in [6.07, 6.45) is 1.55. The summed E-state index contributed by atoms with van der Waals surface area (Å²) >= 11 is 1.61. The number of hydrogen-bond acceptors (Lipinski definition) is 4. The molecule has 0 amide bonds. The van der Waals surface area contributed by atoms with Gasteiger partial charge in [0.2, 0.25) is 0 Å². The van der Waals surface area contributed by atoms with E-state index >= 15 is 0 Å². The summed E-state index contributed by atoms with van der Waals surface area (Å²) in [5.41, 5.74) is 1.89. The SMILES string of the molecule is CCCc1c(C(=O)O)nnn1Cc1ccsc1. The minimum absolute atomic E-state index is 0.0714. The molecule has 2 heterocycles. The molecule has 0 saturated carbocycles. The average molecular weight is 251 g/mol. The lowest BCUT2D eigenvalue weighted by molar-refractivity contribution is 0.0689. The van der Waals surface area contributed by atoms with Crippen molar-refractivity contribution < 1.29 is 9.90 Å². The molecular formula is C11H13N3O2S. The van der Waals surface area contributed by atoms with Crippen LogP contribution in [0.5, 0.6) is 0 Å². The van der Waals surface area contributed by atoms with Crippen molar-refractivity contribution >= 4 is 17.3 Å². The highest BCUT2D eigenvalue weighted by Crippen LogP contribution is 2.13. The van der Waals surface area contributed by atoms with E-state index in [1.807, 2.05) is 23.8 Å². The fourth-order valence-electron chi connectivity index (χ4n) is 1.67. The number of hydrogen-bond donors (Lipinski definition) is 1. The monoisotopic (exact) mass is 251 g/mol. The zero-order valence-corrected chi connectivity index (χ0v) is 10.3. The van der Waals surface area contributed by atoms with Crippen LogP contribution in [0.1, 0.15) is 35.1 Å². The van der Waals surface area contributed by atoms with Crippen molar-refractivity contribution in [1.82, 2.24) is 15.0 Å². The van der Waals surface area contributed by atoms with Gasteiger partial charge in [0.05, 0.1) is 12.2 Å². The van der Waals surface area contributed by atoms with E-state index in [0.717, 1.165) is 12.0 Å². The van der Waals surface area contributed by atoms with Crippen molar-refractivity contribution in [3.63, 3.8) is 0 Å². The molecule has 17 heavy (non-hydrogen) atoms. The van der Waals surface area contributed by atoms with Gasteiger partial charge < -0.3 is 5.11 Å². The van der Waals surface area contributed by atoms with Crippen molar-refractivity contribution in [2.45, 2.75) is 26.3 Å². The minimum atomic E-state index is -1.01. The molecule has 2 aromatic heterocycles. The van der Waals surface area contributed by atoms with Gasteiger partial charge in [0.1, 0.15) is 0 Å². The van der Waals surface area contributed by atoms with Crippen LogP contribution in [0.4, 0.5) is 0 Å². The number of rotatable bonds is 5. The Labute approximate surface area is 103 Å². The molecule has 0 saturated heterocycles. The molecule has 0 aliphatic rings. The van der Waals surface area contributed by atoms with Gasteiger partial charge in [-0.15, -0.1) is 5.10 Å². The fraction of sp³-hybridized carbons (Fsp3) is 0.364. The largest absolute Gasteiger partial charge is 0.476 e. The van der Waals surface area contributed by atoms with Crippen molar-refractivity contribution in [1.29, 1.82) is 0 Å². The summed E-state index contributed by atoms with van der Waals surface area (Å²) in [5.74, 6) is -1.01. The number of carboxylic acids is 1. The third-order valence-electron chi connectivity index (χ3n) is 2.44. The summed E-state index contributed by atoms with van der Waals surface area (Å²) in [5, 5.41) is 20.7. The second-order valence-electron chi connectivity index (χ2n) is 3.73. The van der Waals surface area contributed by atoms with Crippen LogP contribution in [0, 0.1) is 0 Å². The normalized spacial score (nSPS) is 10.6. The lowest BCUT2D eigenvalue weighted by atomic mass is 10.2. The van der Waals surface area contributed by atoms with E-state index in [-0.39, 0.29) is 5.69 Å². The van der Waals surface area contributed by atoms with Gasteiger partial charge in [0.25, 0.3) is 0 Å². The molecule has 1 N–H and O–H groups in total. The molecule has 0 unspecified atom stereocenters. The number of aromatic carboxylic acids is 1. The zero-order chi connectivity index (χ0) is 12.3. The molecule has 0 radical (unpaired) electrons. The molecule has 2 aromatic rings. The third kappa shape index (κ3) is 2.52. The Morgan fingerprint density at radius 3 is 3.00 bits per heavy atom. The Bertz CT molecular complexity index is 505. The van der Waals surface area contributed by atoms with Gasteiger partial charge in [-0.05, 0) is 28.8 Å². The van der Waals surface area contributed by atoms with Crippen LogP contribution in [-0.4, -0.2) is 26.1 Å². The van der Waals surface area contributed by atoms with E-state index in [1.165, 1.54) is 0 Å². The highest BCUT2D eigenvalue weighted by molar-refractivity contribution is 7.07. The maximum atomic E-state index is 11.0. The van der Waals surface area contributed by atoms with Crippen molar-refractivity contribution in [3.8, 4) is 0 Å². The van der Waals surface area contributed by atoms with Crippen LogP contribution < -0.4 is 0 Å². The van der Waals surface area contributed by atoms with Crippen LogP contribution >= 0.6 is 11.3 Å². The molecule has 90 valence electrons. The van der Waals surface area contributed by atoms with Gasteiger partial charge in [0, 0.05) is 0 Å². The molecule has 0 aliphatic heterocycles. The summed E-state index contributed by atoms with van der Waals surface area (Å²) in [7, 11) is 0. The summed E-state index contributed by atoms with van der Waals surface area (Å²) in [4.78, 5) is 11.0. The topological polar surface area (TPSA) is 68.0 Å². The average Bonchev–Trinajstić information content (AvgIpc) is 2.90. The van der Waals surface area contributed by atoms with Crippen LogP contribution in [0.25, 0.3) is 0 Å². The first-order valence-corrected chi connectivity index (χ1v) is 6.33. The predicted molar refractivity (Wildman–Crippen MR) is 64.4 cm³/mol. The maximum Gasteiger partial charge on any atom is 0.358 e. The maximum absolute atomic E-state index is 11.0. The fourth-order valence-corrected chi connectivity index (χ4v) is 2.33. The molecule has 5 nitrogen and oxygen atoms in total. The lowest BCUT2D eigenvalue weighted by Gasteiger charge is -2.04. The highest BCUT2D eigenvalue weighted by atomic mass is 32.1. The molecule has 0 aromatic carbocycles. The predicted octanol–water partition coefficient (Wildman–Crippen LogP) is 2.04. The molecule has 6 heteroatoms. The third-order valence-corrected chi connectivity index (χ3v) is 3.17. The lowest BCUT2D eigenvalue weighted by Crippen LogP contribution is -2.08. The standard InChI is InChI=1S/C11H13N3O2S/c1-2-3-9-10(11(15)16)12-13-14(9)6-8-4-5-17-7-8/h4-5,7H,2-3,6H2,1H3,(H,15,16). The molecule has 0 spiro atoms. The first kappa shape index (κ1) is 11.8.